The van der Waals surface area contributed by atoms with Crippen molar-refractivity contribution >= 4 is 29.9 Å². The molecule has 0 aliphatic heterocycles. The van der Waals surface area contributed by atoms with Crippen molar-refractivity contribution in [2.24, 2.45) is 11.0 Å². The van der Waals surface area contributed by atoms with Gasteiger partial charge in [0.2, 0.25) is 0 Å². The fourth-order valence-electron chi connectivity index (χ4n) is 2.35. The number of anilines is 1. The van der Waals surface area contributed by atoms with Crippen molar-refractivity contribution in [1.82, 2.24) is 4.90 Å². The fraction of sp³-hybridized carbons (Fsp3) is 0.250. The van der Waals surface area contributed by atoms with Gasteiger partial charge in [-0.1, -0.05) is 43.3 Å². The van der Waals surface area contributed by atoms with Crippen LogP contribution in [0, 0.1) is 11.7 Å². The first kappa shape index (κ1) is 20.9. The molecule has 0 amide bonds. The summed E-state index contributed by atoms with van der Waals surface area (Å²) < 4.78 is 13.0. The third kappa shape index (κ3) is 7.50. The highest BCUT2D eigenvalue weighted by Crippen LogP contribution is 2.10. The molecule has 1 atom stereocenters. The van der Waals surface area contributed by atoms with Crippen LogP contribution >= 0.6 is 12.4 Å². The van der Waals surface area contributed by atoms with Crippen LogP contribution in [0.1, 0.15) is 12.5 Å². The topological polar surface area (TPSA) is 27.6 Å². The molecule has 0 bridgehead atoms. The van der Waals surface area contributed by atoms with Gasteiger partial charge >= 0.3 is 0 Å². The van der Waals surface area contributed by atoms with E-state index in [0.717, 1.165) is 23.5 Å². The average Bonchev–Trinajstić information content (AvgIpc) is 2.56. The lowest BCUT2D eigenvalue weighted by atomic mass is 10.0. The van der Waals surface area contributed by atoms with E-state index in [0.29, 0.717) is 0 Å². The second-order valence-corrected chi connectivity index (χ2v) is 6.06. The van der Waals surface area contributed by atoms with Crippen LogP contribution in [0.25, 0.3) is 6.08 Å². The molecule has 0 heterocycles. The number of hydrazone groups is 1. The van der Waals surface area contributed by atoms with Gasteiger partial charge in [-0.25, -0.2) is 4.39 Å². The Kier molecular flexibility index (Phi) is 8.89. The summed E-state index contributed by atoms with van der Waals surface area (Å²) in [5.74, 6) is 0.0284. The highest BCUT2D eigenvalue weighted by Gasteiger charge is 2.09. The molecule has 2 aromatic rings. The summed E-state index contributed by atoms with van der Waals surface area (Å²) in [6.45, 7) is 3.03. The van der Waals surface area contributed by atoms with Gasteiger partial charge in [0.25, 0.3) is 0 Å². The van der Waals surface area contributed by atoms with Crippen LogP contribution in [0.3, 0.4) is 0 Å². The van der Waals surface area contributed by atoms with Crippen LogP contribution in [0.2, 0.25) is 0 Å². The second kappa shape index (κ2) is 10.6. The zero-order valence-electron chi connectivity index (χ0n) is 14.8. The van der Waals surface area contributed by atoms with Crippen molar-refractivity contribution in [2.45, 2.75) is 6.92 Å². The van der Waals surface area contributed by atoms with Crippen LogP contribution in [0.15, 0.2) is 65.8 Å². The predicted octanol–water partition coefficient (Wildman–Crippen LogP) is 4.93. The van der Waals surface area contributed by atoms with Gasteiger partial charge in [-0.3, -0.25) is 5.43 Å². The van der Waals surface area contributed by atoms with E-state index in [1.165, 1.54) is 12.1 Å². The molecule has 0 radical (unpaired) electrons. The number of nitrogens with zero attached hydrogens (tertiary/aromatic N) is 2. The van der Waals surface area contributed by atoms with E-state index in [-0.39, 0.29) is 24.1 Å². The summed E-state index contributed by atoms with van der Waals surface area (Å²) in [6, 6.07) is 16.3. The van der Waals surface area contributed by atoms with Crippen molar-refractivity contribution in [3.63, 3.8) is 0 Å². The van der Waals surface area contributed by atoms with Crippen molar-refractivity contribution in [1.29, 1.82) is 0 Å². The second-order valence-electron chi connectivity index (χ2n) is 6.06. The van der Waals surface area contributed by atoms with Gasteiger partial charge in [0, 0.05) is 12.5 Å². The van der Waals surface area contributed by atoms with Gasteiger partial charge in [-0.2, -0.15) is 5.10 Å². The number of halogens is 2. The minimum Gasteiger partial charge on any atom is -0.309 e. The minimum atomic E-state index is -0.229. The summed E-state index contributed by atoms with van der Waals surface area (Å²) in [7, 11) is 4.09. The lowest BCUT2D eigenvalue weighted by Gasteiger charge is -2.17. The van der Waals surface area contributed by atoms with Crippen molar-refractivity contribution in [2.75, 3.05) is 26.1 Å². The van der Waals surface area contributed by atoms with Gasteiger partial charge < -0.3 is 4.90 Å². The van der Waals surface area contributed by atoms with E-state index in [1.807, 2.05) is 56.6 Å². The summed E-state index contributed by atoms with van der Waals surface area (Å²) >= 11 is 0. The summed E-state index contributed by atoms with van der Waals surface area (Å²) in [4.78, 5) is 2.13. The van der Waals surface area contributed by atoms with Crippen LogP contribution in [-0.2, 0) is 0 Å². The number of hydrogen-bond donors (Lipinski definition) is 1. The largest absolute Gasteiger partial charge is 0.309 e. The summed E-state index contributed by atoms with van der Waals surface area (Å²) in [5, 5.41) is 4.56. The molecule has 1 unspecified atom stereocenters. The monoisotopic (exact) mass is 361 g/mol. The molecule has 0 fully saturated rings. The molecule has 0 aliphatic carbocycles. The van der Waals surface area contributed by atoms with E-state index in [4.69, 9.17) is 0 Å². The van der Waals surface area contributed by atoms with E-state index in [1.54, 1.807) is 12.1 Å². The first-order chi connectivity index (χ1) is 11.5. The molecule has 25 heavy (non-hydrogen) atoms. The molecule has 0 saturated heterocycles. The molecule has 2 aromatic carbocycles. The van der Waals surface area contributed by atoms with Crippen LogP contribution in [0.5, 0.6) is 0 Å². The molecular formula is C20H25ClFN3. The third-order valence-corrected chi connectivity index (χ3v) is 3.55. The number of para-hydroxylation sites is 1. The first-order valence-corrected chi connectivity index (χ1v) is 8.01. The Morgan fingerprint density at radius 2 is 1.76 bits per heavy atom. The molecule has 0 spiro atoms. The lowest BCUT2D eigenvalue weighted by molar-refractivity contribution is 0.381. The lowest BCUT2D eigenvalue weighted by Crippen LogP contribution is -2.25. The molecule has 3 nitrogen and oxygen atoms in total. The van der Waals surface area contributed by atoms with Crippen LogP contribution in [0.4, 0.5) is 10.1 Å². The highest BCUT2D eigenvalue weighted by atomic mass is 35.5. The zero-order valence-corrected chi connectivity index (χ0v) is 15.6. The third-order valence-electron chi connectivity index (χ3n) is 3.55. The smallest absolute Gasteiger partial charge is 0.123 e. The van der Waals surface area contributed by atoms with Crippen LogP contribution < -0.4 is 5.43 Å². The Balaban J connectivity index is 0.00000312. The normalized spacial score (nSPS) is 12.9. The van der Waals surface area contributed by atoms with Gasteiger partial charge in [-0.05, 0) is 50.0 Å². The SMILES string of the molecule is CC(CN(C)C)C(C=Cc1ccc(F)cc1)=NNc1ccccc1.Cl. The Labute approximate surface area is 155 Å². The average molecular weight is 362 g/mol. The number of nitrogens with one attached hydrogen (secondary N) is 1. The molecule has 2 rings (SSSR count). The Hall–Kier alpha value is -2.17. The maximum atomic E-state index is 13.0. The Morgan fingerprint density at radius 1 is 1.12 bits per heavy atom. The summed E-state index contributed by atoms with van der Waals surface area (Å²) in [6.07, 6.45) is 3.94. The minimum absolute atomic E-state index is 0. The van der Waals surface area contributed by atoms with Crippen LogP contribution in [-0.4, -0.2) is 31.3 Å². The maximum Gasteiger partial charge on any atom is 0.123 e. The predicted molar refractivity (Wildman–Crippen MR) is 108 cm³/mol. The quantitative estimate of drug-likeness (QED) is 0.559. The van der Waals surface area contributed by atoms with E-state index < -0.39 is 0 Å². The zero-order chi connectivity index (χ0) is 17.4. The molecule has 5 heteroatoms. The molecule has 0 aromatic heterocycles. The van der Waals surface area contributed by atoms with E-state index in [2.05, 4.69) is 22.4 Å². The van der Waals surface area contributed by atoms with Gasteiger partial charge in [0.1, 0.15) is 5.82 Å². The Bertz CT molecular complexity index is 682. The standard InChI is InChI=1S/C20H24FN3.ClH/c1-16(15-24(2)3)20(23-22-19-7-5-4-6-8-19)14-11-17-9-12-18(21)13-10-17;/h4-14,16,22H,15H2,1-3H3;1H. The molecule has 0 aliphatic rings. The maximum absolute atomic E-state index is 13.0. The fourth-order valence-corrected chi connectivity index (χ4v) is 2.35. The summed E-state index contributed by atoms with van der Waals surface area (Å²) in [5.41, 5.74) is 5.94. The number of rotatable bonds is 7. The van der Waals surface area contributed by atoms with E-state index >= 15 is 0 Å². The molecule has 134 valence electrons. The van der Waals surface area contributed by atoms with Crippen molar-refractivity contribution in [3.8, 4) is 0 Å². The van der Waals surface area contributed by atoms with Gasteiger partial charge in [-0.15, -0.1) is 12.4 Å². The highest BCUT2D eigenvalue weighted by molar-refractivity contribution is 6.00. The first-order valence-electron chi connectivity index (χ1n) is 8.01. The number of hydrogen-bond acceptors (Lipinski definition) is 3. The molecule has 0 saturated carbocycles. The molecular weight excluding hydrogens is 337 g/mol. The van der Waals surface area contributed by atoms with Crippen molar-refractivity contribution in [3.05, 3.63) is 72.1 Å². The number of benzene rings is 2. The van der Waals surface area contributed by atoms with Gasteiger partial charge in [0.05, 0.1) is 11.4 Å². The molecule has 1 N–H and O–H groups in total. The van der Waals surface area contributed by atoms with Gasteiger partial charge in [0.15, 0.2) is 0 Å². The van der Waals surface area contributed by atoms with Crippen molar-refractivity contribution < 1.29 is 4.39 Å². The Morgan fingerprint density at radius 3 is 2.36 bits per heavy atom. The van der Waals surface area contributed by atoms with E-state index in [9.17, 15) is 4.39 Å². The number of allylic oxidation sites excluding steroid dienone is 1.